The van der Waals surface area contributed by atoms with E-state index in [0.29, 0.717) is 18.4 Å². The molecule has 2 aliphatic rings. The Hall–Kier alpha value is -2.79. The van der Waals surface area contributed by atoms with Crippen molar-refractivity contribution in [3.05, 3.63) is 40.9 Å². The maximum Gasteiger partial charge on any atom is 0.347 e. The second-order valence-electron chi connectivity index (χ2n) is 7.17. The van der Waals surface area contributed by atoms with Crippen LogP contribution in [0.4, 0.5) is 5.13 Å². The topological polar surface area (TPSA) is 129 Å². The molecule has 1 aliphatic heterocycles. The summed E-state index contributed by atoms with van der Waals surface area (Å²) in [5.41, 5.74) is 0.600. The molecule has 1 saturated carbocycles. The van der Waals surface area contributed by atoms with Crippen molar-refractivity contribution >= 4 is 43.9 Å². The first-order chi connectivity index (χ1) is 14.3. The number of anilines is 1. The summed E-state index contributed by atoms with van der Waals surface area (Å²) in [6.07, 6.45) is 4.49. The van der Waals surface area contributed by atoms with Gasteiger partial charge in [0, 0.05) is 18.7 Å². The molecule has 1 aromatic carbocycles. The van der Waals surface area contributed by atoms with Crippen molar-refractivity contribution in [2.75, 3.05) is 18.4 Å². The Labute approximate surface area is 177 Å². The van der Waals surface area contributed by atoms with Gasteiger partial charge in [-0.1, -0.05) is 23.5 Å². The standard InChI is InChI=1S/C19H20N4O5S2/c24-17(21-19-20-11-15(29-19)18(25)26)16(22-23-9-1-2-10-23)12-3-5-13(6-4-12)30(27,28)14-7-8-14/h3-6,11,14H,1-2,7-10H2,(H,25,26)(H,20,21,24)/b22-16+. The van der Waals surface area contributed by atoms with E-state index in [0.717, 1.165) is 37.3 Å². The lowest BCUT2D eigenvalue weighted by Gasteiger charge is -2.14. The first kappa shape index (κ1) is 20.5. The Morgan fingerprint density at radius 2 is 1.83 bits per heavy atom. The number of aromatic carboxylic acids is 1. The molecule has 158 valence electrons. The fraction of sp³-hybridized carbons (Fsp3) is 0.368. The zero-order valence-corrected chi connectivity index (χ0v) is 17.6. The van der Waals surface area contributed by atoms with Gasteiger partial charge in [0.25, 0.3) is 5.91 Å². The number of hydrogen-bond donors (Lipinski definition) is 2. The third-order valence-electron chi connectivity index (χ3n) is 4.90. The monoisotopic (exact) mass is 448 g/mol. The smallest absolute Gasteiger partial charge is 0.347 e. The summed E-state index contributed by atoms with van der Waals surface area (Å²) in [7, 11) is -3.32. The van der Waals surface area contributed by atoms with Gasteiger partial charge in [-0.3, -0.25) is 15.1 Å². The van der Waals surface area contributed by atoms with Crippen LogP contribution in [0.15, 0.2) is 40.5 Å². The number of aromatic nitrogens is 1. The van der Waals surface area contributed by atoms with Gasteiger partial charge in [-0.25, -0.2) is 18.2 Å². The molecule has 11 heteroatoms. The summed E-state index contributed by atoms with van der Waals surface area (Å²) >= 11 is 0.850. The minimum absolute atomic E-state index is 0.0120. The number of amides is 1. The van der Waals surface area contributed by atoms with E-state index in [9.17, 15) is 18.0 Å². The number of rotatable bonds is 7. The molecule has 0 atom stereocenters. The summed E-state index contributed by atoms with van der Waals surface area (Å²) in [6.45, 7) is 1.46. The van der Waals surface area contributed by atoms with Crippen LogP contribution in [0.1, 0.15) is 40.9 Å². The number of hydrazone groups is 1. The van der Waals surface area contributed by atoms with Crippen LogP contribution in [0.3, 0.4) is 0 Å². The van der Waals surface area contributed by atoms with Gasteiger partial charge < -0.3 is 5.11 Å². The van der Waals surface area contributed by atoms with Crippen LogP contribution in [0.2, 0.25) is 0 Å². The van der Waals surface area contributed by atoms with Crippen molar-refractivity contribution in [2.45, 2.75) is 35.8 Å². The molecule has 0 bridgehead atoms. The van der Waals surface area contributed by atoms with Crippen LogP contribution in [-0.2, 0) is 14.6 Å². The second kappa shape index (κ2) is 8.15. The molecular weight excluding hydrogens is 428 g/mol. The average Bonchev–Trinajstić information content (AvgIpc) is 3.27. The van der Waals surface area contributed by atoms with Crippen molar-refractivity contribution in [1.82, 2.24) is 9.99 Å². The molecule has 2 N–H and O–H groups in total. The van der Waals surface area contributed by atoms with Crippen LogP contribution < -0.4 is 5.32 Å². The summed E-state index contributed by atoms with van der Waals surface area (Å²) < 4.78 is 24.8. The van der Waals surface area contributed by atoms with Gasteiger partial charge in [0.05, 0.1) is 16.3 Å². The zero-order chi connectivity index (χ0) is 21.3. The normalized spacial score (nSPS) is 17.2. The van der Waals surface area contributed by atoms with Crippen LogP contribution in [-0.4, -0.2) is 59.4 Å². The quantitative estimate of drug-likeness (QED) is 0.621. The molecule has 2 heterocycles. The van der Waals surface area contributed by atoms with Crippen LogP contribution in [0.5, 0.6) is 0 Å². The number of carbonyl (C=O) groups excluding carboxylic acids is 1. The number of thiazole rings is 1. The number of benzene rings is 1. The predicted octanol–water partition coefficient (Wildman–Crippen LogP) is 2.22. The molecule has 1 aromatic heterocycles. The summed E-state index contributed by atoms with van der Waals surface area (Å²) in [5, 5.41) is 17.7. The van der Waals surface area contributed by atoms with Gasteiger partial charge in [0.1, 0.15) is 4.88 Å². The molecule has 1 aliphatic carbocycles. The van der Waals surface area contributed by atoms with Crippen LogP contribution in [0, 0.1) is 0 Å². The van der Waals surface area contributed by atoms with E-state index in [1.807, 2.05) is 0 Å². The minimum atomic E-state index is -3.32. The van der Waals surface area contributed by atoms with E-state index in [2.05, 4.69) is 15.4 Å². The molecular formula is C19H20N4O5S2. The van der Waals surface area contributed by atoms with Gasteiger partial charge in [0.15, 0.2) is 20.7 Å². The Kier molecular flexibility index (Phi) is 5.56. The zero-order valence-electron chi connectivity index (χ0n) is 15.9. The molecule has 1 amide bonds. The lowest BCUT2D eigenvalue weighted by atomic mass is 10.1. The summed E-state index contributed by atoms with van der Waals surface area (Å²) in [4.78, 5) is 28.1. The Morgan fingerprint density at radius 3 is 2.40 bits per heavy atom. The number of nitrogens with zero attached hydrogens (tertiary/aromatic N) is 3. The second-order valence-corrected chi connectivity index (χ2v) is 10.4. The van der Waals surface area contributed by atoms with Crippen molar-refractivity contribution in [1.29, 1.82) is 0 Å². The van der Waals surface area contributed by atoms with E-state index >= 15 is 0 Å². The maximum atomic E-state index is 12.9. The highest BCUT2D eigenvalue weighted by Crippen LogP contribution is 2.33. The maximum absolute atomic E-state index is 12.9. The molecule has 0 unspecified atom stereocenters. The predicted molar refractivity (Wildman–Crippen MR) is 112 cm³/mol. The van der Waals surface area contributed by atoms with E-state index in [1.165, 1.54) is 18.3 Å². The first-order valence-corrected chi connectivity index (χ1v) is 11.9. The number of carboxylic acid groups (broad SMARTS) is 1. The molecule has 2 aromatic rings. The van der Waals surface area contributed by atoms with E-state index in [4.69, 9.17) is 5.11 Å². The average molecular weight is 449 g/mol. The first-order valence-electron chi connectivity index (χ1n) is 9.53. The number of nitrogens with one attached hydrogen (secondary N) is 1. The van der Waals surface area contributed by atoms with Crippen LogP contribution >= 0.6 is 11.3 Å². The van der Waals surface area contributed by atoms with Gasteiger partial charge in [0.2, 0.25) is 0 Å². The van der Waals surface area contributed by atoms with Crippen molar-refractivity contribution in [3.63, 3.8) is 0 Å². The number of carboxylic acids is 1. The van der Waals surface area contributed by atoms with Crippen LogP contribution in [0.25, 0.3) is 0 Å². The Morgan fingerprint density at radius 1 is 1.17 bits per heavy atom. The van der Waals surface area contributed by atoms with Crippen molar-refractivity contribution in [2.24, 2.45) is 5.10 Å². The lowest BCUT2D eigenvalue weighted by Crippen LogP contribution is -2.27. The number of sulfone groups is 1. The van der Waals surface area contributed by atoms with E-state index in [-0.39, 0.29) is 25.9 Å². The highest BCUT2D eigenvalue weighted by Gasteiger charge is 2.36. The lowest BCUT2D eigenvalue weighted by molar-refractivity contribution is -0.110. The Bertz CT molecular complexity index is 1100. The summed E-state index contributed by atoms with van der Waals surface area (Å²) in [5.74, 6) is -1.66. The fourth-order valence-electron chi connectivity index (χ4n) is 3.14. The third-order valence-corrected chi connectivity index (χ3v) is 8.07. The fourth-order valence-corrected chi connectivity index (χ4v) is 5.44. The van der Waals surface area contributed by atoms with Gasteiger partial charge >= 0.3 is 5.97 Å². The summed E-state index contributed by atoms with van der Waals surface area (Å²) in [6, 6.07) is 6.16. The minimum Gasteiger partial charge on any atom is -0.477 e. The van der Waals surface area contributed by atoms with Gasteiger partial charge in [-0.05, 0) is 37.8 Å². The molecule has 0 spiro atoms. The van der Waals surface area contributed by atoms with Crippen molar-refractivity contribution < 1.29 is 23.1 Å². The van der Waals surface area contributed by atoms with Gasteiger partial charge in [-0.15, -0.1) is 0 Å². The third kappa shape index (κ3) is 4.36. The highest BCUT2D eigenvalue weighted by atomic mass is 32.2. The molecule has 4 rings (SSSR count). The Balaban J connectivity index is 1.60. The molecule has 0 radical (unpaired) electrons. The molecule has 2 fully saturated rings. The van der Waals surface area contributed by atoms with E-state index < -0.39 is 21.7 Å². The van der Waals surface area contributed by atoms with Crippen molar-refractivity contribution in [3.8, 4) is 0 Å². The number of hydrogen-bond acceptors (Lipinski definition) is 8. The molecule has 9 nitrogen and oxygen atoms in total. The molecule has 30 heavy (non-hydrogen) atoms. The largest absolute Gasteiger partial charge is 0.477 e. The highest BCUT2D eigenvalue weighted by molar-refractivity contribution is 7.92. The molecule has 1 saturated heterocycles. The van der Waals surface area contributed by atoms with E-state index in [1.54, 1.807) is 17.1 Å². The number of carbonyl (C=O) groups is 2. The van der Waals surface area contributed by atoms with Gasteiger partial charge in [-0.2, -0.15) is 5.10 Å². The SMILES string of the molecule is O=C(Nc1ncc(C(=O)O)s1)/C(=N/N1CCCC1)c1ccc(S(=O)(=O)C2CC2)cc1.